The second kappa shape index (κ2) is 6.33. The molecule has 1 aromatic carbocycles. The Morgan fingerprint density at radius 2 is 2.17 bits per heavy atom. The number of hydrogen-bond acceptors (Lipinski definition) is 2. The molecule has 0 aliphatic heterocycles. The Hall–Kier alpha value is -0.880. The van der Waals surface area contributed by atoms with Gasteiger partial charge in [-0.15, -0.1) is 0 Å². The van der Waals surface area contributed by atoms with Crippen LogP contribution in [0.4, 0.5) is 0 Å². The first-order valence-corrected chi connectivity index (χ1v) is 7.08. The first kappa shape index (κ1) is 13.5. The van der Waals surface area contributed by atoms with E-state index in [-0.39, 0.29) is 0 Å². The zero-order valence-electron chi connectivity index (χ0n) is 10.6. The van der Waals surface area contributed by atoms with Crippen molar-refractivity contribution < 1.29 is 4.74 Å². The number of nitrogens with zero attached hydrogens (tertiary/aromatic N) is 2. The van der Waals surface area contributed by atoms with Crippen LogP contribution in [0.5, 0.6) is 0 Å². The zero-order valence-corrected chi connectivity index (χ0v) is 12.8. The number of halogens is 1. The highest BCUT2D eigenvalue weighted by Gasteiger charge is 2.09. The molecule has 3 nitrogen and oxygen atoms in total. The molecule has 0 aliphatic rings. The van der Waals surface area contributed by atoms with Crippen LogP contribution in [0.2, 0.25) is 0 Å². The minimum atomic E-state index is 0.361. The van der Waals surface area contributed by atoms with Crippen molar-refractivity contribution in [2.45, 2.75) is 19.4 Å². The summed E-state index contributed by atoms with van der Waals surface area (Å²) in [6.07, 6.45) is 5.02. The van der Waals surface area contributed by atoms with Crippen LogP contribution < -0.4 is 0 Å². The number of hydrogen-bond donors (Lipinski definition) is 0. The highest BCUT2D eigenvalue weighted by Crippen LogP contribution is 2.25. The molecule has 0 bridgehead atoms. The molecule has 0 aliphatic carbocycles. The fourth-order valence-corrected chi connectivity index (χ4v) is 2.53. The number of benzene rings is 1. The maximum atomic E-state index is 5.10. The maximum absolute atomic E-state index is 5.10. The summed E-state index contributed by atoms with van der Waals surface area (Å²) in [5.41, 5.74) is 2.41. The lowest BCUT2D eigenvalue weighted by Gasteiger charge is -2.10. The van der Waals surface area contributed by atoms with Crippen molar-refractivity contribution in [3.63, 3.8) is 0 Å². The molecule has 18 heavy (non-hydrogen) atoms. The zero-order chi connectivity index (χ0) is 13.0. The molecule has 4 heteroatoms. The first-order valence-electron chi connectivity index (χ1n) is 6.00. The summed E-state index contributed by atoms with van der Waals surface area (Å²) in [5.74, 6) is 0. The number of aromatic nitrogens is 2. The molecule has 1 unspecified atom stereocenters. The molecule has 0 amide bonds. The molecule has 0 saturated carbocycles. The van der Waals surface area contributed by atoms with E-state index in [2.05, 4.69) is 65.1 Å². The van der Waals surface area contributed by atoms with Crippen LogP contribution in [-0.2, 0) is 4.74 Å². The van der Waals surface area contributed by atoms with Gasteiger partial charge in [0.25, 0.3) is 0 Å². The van der Waals surface area contributed by atoms with Crippen molar-refractivity contribution >= 4 is 22.6 Å². The third kappa shape index (κ3) is 3.11. The van der Waals surface area contributed by atoms with E-state index in [1.54, 1.807) is 7.11 Å². The number of rotatable bonds is 5. The summed E-state index contributed by atoms with van der Waals surface area (Å²) in [6.45, 7) is 2.92. The van der Waals surface area contributed by atoms with E-state index >= 15 is 0 Å². The first-order chi connectivity index (χ1) is 8.72. The van der Waals surface area contributed by atoms with Gasteiger partial charge >= 0.3 is 0 Å². The summed E-state index contributed by atoms with van der Waals surface area (Å²) in [6, 6.07) is 8.71. The lowest BCUT2D eigenvalue weighted by Crippen LogP contribution is -2.08. The summed E-state index contributed by atoms with van der Waals surface area (Å²) in [7, 11) is 1.73. The van der Waals surface area contributed by atoms with Crippen LogP contribution in [0.3, 0.4) is 0 Å². The molecule has 96 valence electrons. The predicted octanol–water partition coefficient (Wildman–Crippen LogP) is 3.75. The quantitative estimate of drug-likeness (QED) is 0.763. The Morgan fingerprint density at radius 1 is 1.39 bits per heavy atom. The SMILES string of the molecule is COCCC(C)n1cc(-c2ccccc2I)cn1. The Bertz CT molecular complexity index is 510. The molecule has 0 radical (unpaired) electrons. The van der Waals surface area contributed by atoms with Crippen LogP contribution in [0.25, 0.3) is 11.1 Å². The van der Waals surface area contributed by atoms with Gasteiger partial charge in [0.05, 0.1) is 12.2 Å². The van der Waals surface area contributed by atoms with Gasteiger partial charge in [-0.05, 0) is 47.6 Å². The van der Waals surface area contributed by atoms with Gasteiger partial charge in [-0.1, -0.05) is 18.2 Å². The smallest absolute Gasteiger partial charge is 0.0568 e. The summed E-state index contributed by atoms with van der Waals surface area (Å²) >= 11 is 2.36. The van der Waals surface area contributed by atoms with Crippen LogP contribution in [0, 0.1) is 3.57 Å². The Morgan fingerprint density at radius 3 is 2.89 bits per heavy atom. The van der Waals surface area contributed by atoms with Crippen molar-refractivity contribution in [1.29, 1.82) is 0 Å². The Kier molecular flexibility index (Phi) is 4.77. The van der Waals surface area contributed by atoms with Crippen molar-refractivity contribution in [2.75, 3.05) is 13.7 Å². The number of methoxy groups -OCH3 is 1. The molecule has 0 N–H and O–H groups in total. The molecule has 2 aromatic rings. The van der Waals surface area contributed by atoms with Crippen molar-refractivity contribution in [3.05, 3.63) is 40.2 Å². The molecule has 0 spiro atoms. The Labute approximate surface area is 121 Å². The second-order valence-electron chi connectivity index (χ2n) is 4.32. The highest BCUT2D eigenvalue weighted by molar-refractivity contribution is 14.1. The topological polar surface area (TPSA) is 27.1 Å². The van der Waals surface area contributed by atoms with Gasteiger partial charge in [0.2, 0.25) is 0 Å². The van der Waals surface area contributed by atoms with Gasteiger partial charge < -0.3 is 4.74 Å². The van der Waals surface area contributed by atoms with Crippen molar-refractivity contribution in [2.24, 2.45) is 0 Å². The van der Waals surface area contributed by atoms with Gasteiger partial charge in [0.1, 0.15) is 0 Å². The lowest BCUT2D eigenvalue weighted by atomic mass is 10.1. The van der Waals surface area contributed by atoms with Crippen molar-refractivity contribution in [1.82, 2.24) is 9.78 Å². The highest BCUT2D eigenvalue weighted by atomic mass is 127. The molecular weight excluding hydrogens is 339 g/mol. The van der Waals surface area contributed by atoms with E-state index in [0.717, 1.165) is 13.0 Å². The van der Waals surface area contributed by atoms with Crippen LogP contribution in [-0.4, -0.2) is 23.5 Å². The fourth-order valence-electron chi connectivity index (χ4n) is 1.83. The van der Waals surface area contributed by atoms with Gasteiger partial charge in [0.15, 0.2) is 0 Å². The normalized spacial score (nSPS) is 12.6. The third-order valence-corrected chi connectivity index (χ3v) is 3.92. The summed E-state index contributed by atoms with van der Waals surface area (Å²) in [4.78, 5) is 0. The maximum Gasteiger partial charge on any atom is 0.0568 e. The van der Waals surface area contributed by atoms with E-state index in [0.29, 0.717) is 6.04 Å². The molecular formula is C14H17IN2O. The molecule has 1 heterocycles. The van der Waals surface area contributed by atoms with Crippen LogP contribution >= 0.6 is 22.6 Å². The second-order valence-corrected chi connectivity index (χ2v) is 5.48. The average molecular weight is 356 g/mol. The molecule has 0 fully saturated rings. The lowest BCUT2D eigenvalue weighted by molar-refractivity contribution is 0.178. The molecule has 1 aromatic heterocycles. The Balaban J connectivity index is 2.18. The van der Waals surface area contributed by atoms with Gasteiger partial charge in [0, 0.05) is 29.0 Å². The van der Waals surface area contributed by atoms with E-state index in [9.17, 15) is 0 Å². The van der Waals surface area contributed by atoms with Gasteiger partial charge in [-0.25, -0.2) is 0 Å². The largest absolute Gasteiger partial charge is 0.385 e. The standard InChI is InChI=1S/C14H17IN2O/c1-11(7-8-18-2)17-10-12(9-16-17)13-5-3-4-6-14(13)15/h3-6,9-11H,7-8H2,1-2H3. The molecule has 0 saturated heterocycles. The summed E-state index contributed by atoms with van der Waals surface area (Å²) < 4.78 is 8.36. The minimum Gasteiger partial charge on any atom is -0.385 e. The third-order valence-electron chi connectivity index (χ3n) is 2.98. The van der Waals surface area contributed by atoms with Crippen LogP contribution in [0.1, 0.15) is 19.4 Å². The van der Waals surface area contributed by atoms with E-state index in [1.165, 1.54) is 14.7 Å². The van der Waals surface area contributed by atoms with Gasteiger partial charge in [-0.2, -0.15) is 5.10 Å². The van der Waals surface area contributed by atoms with E-state index in [1.807, 2.05) is 10.9 Å². The minimum absolute atomic E-state index is 0.361. The molecule has 1 atom stereocenters. The summed E-state index contributed by atoms with van der Waals surface area (Å²) in [5, 5.41) is 4.44. The van der Waals surface area contributed by atoms with Gasteiger partial charge in [-0.3, -0.25) is 4.68 Å². The average Bonchev–Trinajstić information content (AvgIpc) is 2.86. The van der Waals surface area contributed by atoms with E-state index in [4.69, 9.17) is 4.74 Å². The molecule has 2 rings (SSSR count). The monoisotopic (exact) mass is 356 g/mol. The predicted molar refractivity (Wildman–Crippen MR) is 81.6 cm³/mol. The van der Waals surface area contributed by atoms with Crippen LogP contribution in [0.15, 0.2) is 36.7 Å². The number of ether oxygens (including phenoxy) is 1. The van der Waals surface area contributed by atoms with E-state index < -0.39 is 0 Å². The fraction of sp³-hybridized carbons (Fsp3) is 0.357. The van der Waals surface area contributed by atoms with Crippen molar-refractivity contribution in [3.8, 4) is 11.1 Å².